The summed E-state index contributed by atoms with van der Waals surface area (Å²) < 4.78 is 77.6. The molecule has 1 aliphatic heterocycles. The molecule has 3 aromatic carbocycles. The number of nitrogens with zero attached hydrogens (tertiary/aromatic N) is 5. The highest BCUT2D eigenvalue weighted by Gasteiger charge is 2.30. The van der Waals surface area contributed by atoms with Gasteiger partial charge in [-0.25, -0.2) is 4.98 Å². The summed E-state index contributed by atoms with van der Waals surface area (Å²) >= 11 is 0. The number of pyridine rings is 1. The number of methoxy groups -OCH3 is 1. The Morgan fingerprint density at radius 1 is 0.927 bits per heavy atom. The second-order valence-corrected chi connectivity index (χ2v) is 14.2. The summed E-state index contributed by atoms with van der Waals surface area (Å²) in [6.07, 6.45) is 1.91. The van der Waals surface area contributed by atoms with Gasteiger partial charge in [0.05, 0.1) is 30.8 Å². The normalized spacial score (nSPS) is 13.7. The highest BCUT2D eigenvalue weighted by Crippen LogP contribution is 2.30. The zero-order valence-electron chi connectivity index (χ0n) is 30.5. The molecule has 55 heavy (non-hydrogen) atoms. The van der Waals surface area contributed by atoms with Gasteiger partial charge in [0.1, 0.15) is 17.2 Å². The molecule has 6 rings (SSSR count). The first-order chi connectivity index (χ1) is 26.0. The van der Waals surface area contributed by atoms with Crippen LogP contribution in [0.15, 0.2) is 97.2 Å². The zero-order chi connectivity index (χ0) is 39.9. The number of amides is 2. The van der Waals surface area contributed by atoms with E-state index in [2.05, 4.69) is 22.0 Å². The molecular weight excluding hydrogens is 740 g/mol. The minimum Gasteiger partial charge on any atom is -0.497 e. The molecular formula is C39H40F3N5O7S. The number of piperazine rings is 1. The molecule has 0 bridgehead atoms. The van der Waals surface area contributed by atoms with Crippen LogP contribution in [0.4, 0.5) is 18.9 Å². The second kappa shape index (κ2) is 17.2. The van der Waals surface area contributed by atoms with Crippen LogP contribution in [-0.4, -0.2) is 97.3 Å². The Balaban J connectivity index is 0.00000109. The van der Waals surface area contributed by atoms with Crippen molar-refractivity contribution >= 4 is 44.6 Å². The zero-order valence-corrected chi connectivity index (χ0v) is 31.3. The molecule has 2 amide bonds. The molecule has 5 aromatic rings. The van der Waals surface area contributed by atoms with Gasteiger partial charge in [-0.05, 0) is 72.3 Å². The molecule has 2 aromatic heterocycles. The SMILES string of the molecule is COc1ccc(/C=C/CN2CCN(C(=O)c3cc4cc(Oc5ccc(N(C)C(=O)c6ccc(C(F)(F)F)cc6)cn5)ccc4n3C)CC2)cc1.CS(=O)(=O)O. The van der Waals surface area contributed by atoms with Crippen molar-refractivity contribution in [3.05, 3.63) is 120 Å². The molecule has 0 spiro atoms. The summed E-state index contributed by atoms with van der Waals surface area (Å²) in [6, 6.07) is 22.6. The topological polar surface area (TPSA) is 135 Å². The first kappa shape index (κ1) is 40.5. The summed E-state index contributed by atoms with van der Waals surface area (Å²) in [5.41, 5.74) is 2.32. The molecule has 1 aliphatic rings. The number of alkyl halides is 3. The van der Waals surface area contributed by atoms with Crippen molar-refractivity contribution in [2.24, 2.45) is 7.05 Å². The van der Waals surface area contributed by atoms with E-state index in [1.54, 1.807) is 25.3 Å². The van der Waals surface area contributed by atoms with Crippen molar-refractivity contribution < 1.29 is 45.2 Å². The number of carbonyl (C=O) groups excluding carboxylic acids is 2. The summed E-state index contributed by atoms with van der Waals surface area (Å²) in [4.78, 5) is 36.2. The van der Waals surface area contributed by atoms with E-state index in [9.17, 15) is 31.2 Å². The average Bonchev–Trinajstić information content (AvgIpc) is 3.49. The lowest BCUT2D eigenvalue weighted by Crippen LogP contribution is -2.48. The highest BCUT2D eigenvalue weighted by atomic mass is 32.2. The molecule has 0 radical (unpaired) electrons. The number of fused-ring (bicyclic) bond motifs is 1. The van der Waals surface area contributed by atoms with E-state index in [1.165, 1.54) is 18.1 Å². The Hall–Kier alpha value is -5.71. The first-order valence-corrected chi connectivity index (χ1v) is 18.8. The number of ether oxygens (including phenoxy) is 2. The Labute approximate surface area is 316 Å². The van der Waals surface area contributed by atoms with E-state index in [0.29, 0.717) is 36.5 Å². The third kappa shape index (κ3) is 10.9. The fraction of sp³-hybridized carbons (Fsp3) is 0.256. The molecule has 0 unspecified atom stereocenters. The average molecular weight is 780 g/mol. The van der Waals surface area contributed by atoms with Crippen molar-refractivity contribution in [3.63, 3.8) is 0 Å². The lowest BCUT2D eigenvalue weighted by atomic mass is 10.1. The monoisotopic (exact) mass is 779 g/mol. The highest BCUT2D eigenvalue weighted by molar-refractivity contribution is 7.85. The number of halogens is 3. The number of aryl methyl sites for hydroxylation is 1. The van der Waals surface area contributed by atoms with Gasteiger partial charge in [0.25, 0.3) is 21.9 Å². The van der Waals surface area contributed by atoms with E-state index >= 15 is 0 Å². The van der Waals surface area contributed by atoms with Crippen molar-refractivity contribution in [2.75, 3.05) is 58.0 Å². The maximum atomic E-state index is 13.6. The summed E-state index contributed by atoms with van der Waals surface area (Å²) in [5, 5.41) is 0.842. The smallest absolute Gasteiger partial charge is 0.416 e. The molecule has 1 saturated heterocycles. The molecule has 0 atom stereocenters. The van der Waals surface area contributed by atoms with Gasteiger partial charge in [-0.2, -0.15) is 21.6 Å². The molecule has 3 heterocycles. The summed E-state index contributed by atoms with van der Waals surface area (Å²) in [7, 11) is 1.37. The van der Waals surface area contributed by atoms with Gasteiger partial charge in [0.15, 0.2) is 0 Å². The Morgan fingerprint density at radius 2 is 1.56 bits per heavy atom. The van der Waals surface area contributed by atoms with E-state index in [0.717, 1.165) is 66.1 Å². The third-order valence-corrected chi connectivity index (χ3v) is 8.78. The van der Waals surface area contributed by atoms with Crippen LogP contribution < -0.4 is 14.4 Å². The van der Waals surface area contributed by atoms with Gasteiger partial charge < -0.3 is 23.8 Å². The molecule has 1 N–H and O–H groups in total. The molecule has 16 heteroatoms. The van der Waals surface area contributed by atoms with E-state index in [-0.39, 0.29) is 17.4 Å². The third-order valence-electron chi connectivity index (χ3n) is 8.78. The van der Waals surface area contributed by atoms with Gasteiger partial charge >= 0.3 is 6.18 Å². The van der Waals surface area contributed by atoms with Crippen molar-refractivity contribution in [2.45, 2.75) is 6.18 Å². The maximum Gasteiger partial charge on any atom is 0.416 e. The lowest BCUT2D eigenvalue weighted by molar-refractivity contribution is -0.137. The first-order valence-electron chi connectivity index (χ1n) is 16.9. The predicted octanol–water partition coefficient (Wildman–Crippen LogP) is 6.64. The lowest BCUT2D eigenvalue weighted by Gasteiger charge is -2.34. The van der Waals surface area contributed by atoms with Crippen LogP contribution in [0.1, 0.15) is 32.0 Å². The van der Waals surface area contributed by atoms with Gasteiger partial charge in [-0.3, -0.25) is 19.0 Å². The number of anilines is 1. The minimum atomic E-state index is -4.48. The Kier molecular flexibility index (Phi) is 12.6. The van der Waals surface area contributed by atoms with Gasteiger partial charge in [-0.15, -0.1) is 0 Å². The van der Waals surface area contributed by atoms with Gasteiger partial charge in [0.2, 0.25) is 5.88 Å². The van der Waals surface area contributed by atoms with Crippen LogP contribution in [0.5, 0.6) is 17.4 Å². The number of carbonyl (C=O) groups is 2. The predicted molar refractivity (Wildman–Crippen MR) is 203 cm³/mol. The van der Waals surface area contributed by atoms with Crippen LogP contribution in [0.25, 0.3) is 17.0 Å². The maximum absolute atomic E-state index is 13.6. The molecule has 290 valence electrons. The fourth-order valence-corrected chi connectivity index (χ4v) is 5.81. The summed E-state index contributed by atoms with van der Waals surface area (Å²) in [6.45, 7) is 3.65. The summed E-state index contributed by atoms with van der Waals surface area (Å²) in [5.74, 6) is 1.13. The van der Waals surface area contributed by atoms with E-state index in [4.69, 9.17) is 14.0 Å². The van der Waals surface area contributed by atoms with Crippen LogP contribution in [0.2, 0.25) is 0 Å². The number of hydrogen-bond donors (Lipinski definition) is 1. The Bertz CT molecular complexity index is 2240. The van der Waals surface area contributed by atoms with Crippen LogP contribution in [0, 0.1) is 0 Å². The Morgan fingerprint density at radius 3 is 2.15 bits per heavy atom. The largest absolute Gasteiger partial charge is 0.497 e. The molecule has 12 nitrogen and oxygen atoms in total. The molecule has 0 aliphatic carbocycles. The number of benzene rings is 3. The minimum absolute atomic E-state index is 0.0215. The van der Waals surface area contributed by atoms with Gasteiger partial charge in [0, 0.05) is 69.4 Å². The number of rotatable bonds is 9. The van der Waals surface area contributed by atoms with Crippen LogP contribution in [0.3, 0.4) is 0 Å². The van der Waals surface area contributed by atoms with Gasteiger partial charge in [-0.1, -0.05) is 24.3 Å². The van der Waals surface area contributed by atoms with E-state index < -0.39 is 27.8 Å². The van der Waals surface area contributed by atoms with Crippen LogP contribution >= 0.6 is 0 Å². The van der Waals surface area contributed by atoms with Crippen LogP contribution in [-0.2, 0) is 23.3 Å². The quantitative estimate of drug-likeness (QED) is 0.163. The second-order valence-electron chi connectivity index (χ2n) is 12.7. The van der Waals surface area contributed by atoms with Crippen molar-refractivity contribution in [1.29, 1.82) is 0 Å². The fourth-order valence-electron chi connectivity index (χ4n) is 5.81. The van der Waals surface area contributed by atoms with Crippen molar-refractivity contribution in [1.82, 2.24) is 19.4 Å². The van der Waals surface area contributed by atoms with Crippen molar-refractivity contribution in [3.8, 4) is 17.4 Å². The van der Waals surface area contributed by atoms with E-state index in [1.807, 2.05) is 59.0 Å². The molecule has 0 saturated carbocycles. The standard InChI is InChI=1S/C38H36F3N5O4.CH4O3S/c1-43(36(47)27-8-10-29(11-9-27)38(39,40)41)30-12-17-35(42-25-30)50-32-15-16-33-28(23-32)24-34(44(33)2)37(48)46-21-19-45(20-22-46)18-4-5-26-6-13-31(49-3)14-7-26;1-5(2,3)4/h4-17,23-25H,18-22H2,1-3H3;1H3,(H,2,3,4)/b5-4+;. The number of aromatic nitrogens is 2. The number of hydrogen-bond acceptors (Lipinski definition) is 8. The molecule has 1 fully saturated rings.